The maximum Gasteiger partial charge on any atom is 0.0991 e. The van der Waals surface area contributed by atoms with Crippen LogP contribution < -0.4 is 5.73 Å². The molecule has 70 valence electrons. The second-order valence-electron chi connectivity index (χ2n) is 3.48. The van der Waals surface area contributed by atoms with Crippen LogP contribution in [0, 0.1) is 6.92 Å². The number of rotatable bonds is 1. The number of hydrogen-bond acceptors (Lipinski definition) is 3. The van der Waals surface area contributed by atoms with Gasteiger partial charge in [0.05, 0.1) is 6.10 Å². The molecular weight excluding hydrogens is 164 g/mol. The standard InChI is InChI=1S/C10H14N2O/c1-7-2-3-8(6-12-7)10-9(11)4-5-13-10/h2-3,6,9-10H,4-5,11H2,1H3. The van der Waals surface area contributed by atoms with Crippen LogP contribution in [-0.2, 0) is 4.74 Å². The lowest BCUT2D eigenvalue weighted by molar-refractivity contribution is 0.105. The predicted octanol–water partition coefficient (Wildman–Crippen LogP) is 1.18. The average molecular weight is 178 g/mol. The SMILES string of the molecule is Cc1ccc(C2OCCC2N)cn1. The average Bonchev–Trinajstić information content (AvgIpc) is 2.53. The van der Waals surface area contributed by atoms with E-state index in [1.165, 1.54) is 0 Å². The van der Waals surface area contributed by atoms with Crippen molar-refractivity contribution in [3.05, 3.63) is 29.6 Å². The highest BCUT2D eigenvalue weighted by molar-refractivity contribution is 5.18. The molecule has 2 unspecified atom stereocenters. The molecule has 13 heavy (non-hydrogen) atoms. The Morgan fingerprint density at radius 1 is 1.54 bits per heavy atom. The normalized spacial score (nSPS) is 27.8. The Labute approximate surface area is 77.9 Å². The molecule has 1 fully saturated rings. The van der Waals surface area contributed by atoms with Crippen molar-refractivity contribution in [2.45, 2.75) is 25.5 Å². The van der Waals surface area contributed by atoms with E-state index in [0.717, 1.165) is 24.3 Å². The van der Waals surface area contributed by atoms with E-state index in [1.807, 2.05) is 25.3 Å². The second kappa shape index (κ2) is 3.44. The van der Waals surface area contributed by atoms with Crippen molar-refractivity contribution in [2.75, 3.05) is 6.61 Å². The van der Waals surface area contributed by atoms with E-state index in [9.17, 15) is 0 Å². The molecule has 2 heterocycles. The topological polar surface area (TPSA) is 48.1 Å². The summed E-state index contributed by atoms with van der Waals surface area (Å²) >= 11 is 0. The van der Waals surface area contributed by atoms with Gasteiger partial charge in [0.1, 0.15) is 0 Å². The first-order chi connectivity index (χ1) is 6.27. The molecule has 0 aromatic carbocycles. The van der Waals surface area contributed by atoms with Crippen LogP contribution in [0.5, 0.6) is 0 Å². The van der Waals surface area contributed by atoms with Crippen LogP contribution in [0.2, 0.25) is 0 Å². The number of pyridine rings is 1. The van der Waals surface area contributed by atoms with Gasteiger partial charge in [0.2, 0.25) is 0 Å². The monoisotopic (exact) mass is 178 g/mol. The van der Waals surface area contributed by atoms with Gasteiger partial charge in [-0.15, -0.1) is 0 Å². The third-order valence-electron chi connectivity index (χ3n) is 2.40. The largest absolute Gasteiger partial charge is 0.372 e. The third-order valence-corrected chi connectivity index (χ3v) is 2.40. The fraction of sp³-hybridized carbons (Fsp3) is 0.500. The molecule has 1 aliphatic rings. The van der Waals surface area contributed by atoms with E-state index >= 15 is 0 Å². The van der Waals surface area contributed by atoms with Crippen LogP contribution in [-0.4, -0.2) is 17.6 Å². The van der Waals surface area contributed by atoms with Gasteiger partial charge in [-0.05, 0) is 19.4 Å². The fourth-order valence-corrected chi connectivity index (χ4v) is 1.60. The second-order valence-corrected chi connectivity index (χ2v) is 3.48. The van der Waals surface area contributed by atoms with Crippen molar-refractivity contribution in [1.29, 1.82) is 0 Å². The lowest BCUT2D eigenvalue weighted by Gasteiger charge is -2.14. The lowest BCUT2D eigenvalue weighted by Crippen LogP contribution is -2.23. The van der Waals surface area contributed by atoms with E-state index in [-0.39, 0.29) is 12.1 Å². The number of hydrogen-bond donors (Lipinski definition) is 1. The summed E-state index contributed by atoms with van der Waals surface area (Å²) in [5, 5.41) is 0. The first kappa shape index (κ1) is 8.66. The minimum absolute atomic E-state index is 0.0492. The Bertz CT molecular complexity index is 283. The molecule has 3 heteroatoms. The highest BCUT2D eigenvalue weighted by Gasteiger charge is 2.26. The summed E-state index contributed by atoms with van der Waals surface area (Å²) < 4.78 is 5.53. The van der Waals surface area contributed by atoms with Gasteiger partial charge in [0.25, 0.3) is 0 Å². The van der Waals surface area contributed by atoms with Crippen LogP contribution >= 0.6 is 0 Å². The van der Waals surface area contributed by atoms with Crippen molar-refractivity contribution in [1.82, 2.24) is 4.98 Å². The van der Waals surface area contributed by atoms with Crippen LogP contribution in [0.15, 0.2) is 18.3 Å². The molecule has 0 amide bonds. The van der Waals surface area contributed by atoms with Gasteiger partial charge in [-0.25, -0.2) is 0 Å². The first-order valence-electron chi connectivity index (χ1n) is 4.57. The number of aromatic nitrogens is 1. The molecule has 1 aliphatic heterocycles. The van der Waals surface area contributed by atoms with Crippen LogP contribution in [0.3, 0.4) is 0 Å². The van der Waals surface area contributed by atoms with E-state index in [1.54, 1.807) is 0 Å². The lowest BCUT2D eigenvalue weighted by atomic mass is 10.0. The molecule has 1 aromatic rings. The Hall–Kier alpha value is -0.930. The molecule has 2 N–H and O–H groups in total. The quantitative estimate of drug-likeness (QED) is 0.702. The van der Waals surface area contributed by atoms with Crippen LogP contribution in [0.4, 0.5) is 0 Å². The van der Waals surface area contributed by atoms with E-state index < -0.39 is 0 Å². The molecule has 0 bridgehead atoms. The molecule has 1 aromatic heterocycles. The van der Waals surface area contributed by atoms with E-state index in [0.29, 0.717) is 0 Å². The van der Waals surface area contributed by atoms with Crippen molar-refractivity contribution in [3.8, 4) is 0 Å². The van der Waals surface area contributed by atoms with Gasteiger partial charge in [-0.1, -0.05) is 6.07 Å². The zero-order valence-electron chi connectivity index (χ0n) is 7.73. The molecule has 3 nitrogen and oxygen atoms in total. The highest BCUT2D eigenvalue weighted by Crippen LogP contribution is 2.26. The summed E-state index contributed by atoms with van der Waals surface area (Å²) in [6, 6.07) is 4.16. The maximum absolute atomic E-state index is 5.90. The summed E-state index contributed by atoms with van der Waals surface area (Å²) in [4.78, 5) is 4.22. The first-order valence-corrected chi connectivity index (χ1v) is 4.57. The molecular formula is C10H14N2O. The highest BCUT2D eigenvalue weighted by atomic mass is 16.5. The maximum atomic E-state index is 5.90. The van der Waals surface area contributed by atoms with Crippen LogP contribution in [0.25, 0.3) is 0 Å². The summed E-state index contributed by atoms with van der Waals surface area (Å²) in [6.45, 7) is 2.74. The summed E-state index contributed by atoms with van der Waals surface area (Å²) in [5.74, 6) is 0. The summed E-state index contributed by atoms with van der Waals surface area (Å²) in [5.41, 5.74) is 8.01. The Morgan fingerprint density at radius 2 is 2.38 bits per heavy atom. The predicted molar refractivity (Wildman–Crippen MR) is 50.3 cm³/mol. The van der Waals surface area contributed by atoms with Gasteiger partial charge in [0, 0.05) is 30.1 Å². The molecule has 0 saturated carbocycles. The third kappa shape index (κ3) is 1.71. The summed E-state index contributed by atoms with van der Waals surface area (Å²) in [7, 11) is 0. The number of aryl methyl sites for hydroxylation is 1. The molecule has 1 saturated heterocycles. The van der Waals surface area contributed by atoms with Crippen molar-refractivity contribution >= 4 is 0 Å². The van der Waals surface area contributed by atoms with Crippen molar-refractivity contribution < 1.29 is 4.74 Å². The number of nitrogens with zero attached hydrogens (tertiary/aromatic N) is 1. The van der Waals surface area contributed by atoms with Gasteiger partial charge in [-0.3, -0.25) is 4.98 Å². The molecule has 0 radical (unpaired) electrons. The fourth-order valence-electron chi connectivity index (χ4n) is 1.60. The van der Waals surface area contributed by atoms with Gasteiger partial charge >= 0.3 is 0 Å². The van der Waals surface area contributed by atoms with Crippen molar-refractivity contribution in [2.24, 2.45) is 5.73 Å². The zero-order chi connectivity index (χ0) is 9.26. The summed E-state index contributed by atoms with van der Waals surface area (Å²) in [6.07, 6.45) is 2.84. The molecule has 0 aliphatic carbocycles. The van der Waals surface area contributed by atoms with Gasteiger partial charge in [0.15, 0.2) is 0 Å². The number of ether oxygens (including phenoxy) is 1. The van der Waals surface area contributed by atoms with Crippen LogP contribution in [0.1, 0.15) is 23.8 Å². The minimum Gasteiger partial charge on any atom is -0.372 e. The molecule has 2 rings (SSSR count). The van der Waals surface area contributed by atoms with Gasteiger partial charge < -0.3 is 10.5 Å². The smallest absolute Gasteiger partial charge is 0.0991 e. The molecule has 0 spiro atoms. The molecule has 2 atom stereocenters. The zero-order valence-corrected chi connectivity index (χ0v) is 7.73. The Kier molecular flexibility index (Phi) is 2.29. The van der Waals surface area contributed by atoms with E-state index in [4.69, 9.17) is 10.5 Å². The Balaban J connectivity index is 2.20. The van der Waals surface area contributed by atoms with Gasteiger partial charge in [-0.2, -0.15) is 0 Å². The van der Waals surface area contributed by atoms with E-state index in [2.05, 4.69) is 4.98 Å². The Morgan fingerprint density at radius 3 is 2.92 bits per heavy atom. The minimum atomic E-state index is 0.0492. The van der Waals surface area contributed by atoms with Crippen molar-refractivity contribution in [3.63, 3.8) is 0 Å². The number of nitrogens with two attached hydrogens (primary N) is 1.